The summed E-state index contributed by atoms with van der Waals surface area (Å²) in [5.41, 5.74) is 2.41. The van der Waals surface area contributed by atoms with E-state index in [0.29, 0.717) is 0 Å². The zero-order valence-corrected chi connectivity index (χ0v) is 10.4. The van der Waals surface area contributed by atoms with E-state index in [-0.39, 0.29) is 11.5 Å². The van der Waals surface area contributed by atoms with Crippen LogP contribution in [0, 0.1) is 12.3 Å². The summed E-state index contributed by atoms with van der Waals surface area (Å²) in [5.74, 6) is 0. The maximum absolute atomic E-state index is 9.42. The number of aryl methyl sites for hydroxylation is 2. The molecule has 1 atom stereocenters. The summed E-state index contributed by atoms with van der Waals surface area (Å²) in [6, 6.07) is 2.11. The van der Waals surface area contributed by atoms with E-state index in [1.807, 2.05) is 25.6 Å². The average Bonchev–Trinajstić information content (AvgIpc) is 2.25. The van der Waals surface area contributed by atoms with Gasteiger partial charge in [0.2, 0.25) is 0 Å². The van der Waals surface area contributed by atoms with E-state index in [1.54, 1.807) is 0 Å². The van der Waals surface area contributed by atoms with Crippen molar-refractivity contribution in [3.05, 3.63) is 17.5 Å². The second-order valence-corrected chi connectivity index (χ2v) is 5.29. The third-order valence-electron chi connectivity index (χ3n) is 2.61. The lowest BCUT2D eigenvalue weighted by Crippen LogP contribution is -2.22. The molecule has 0 saturated carbocycles. The van der Waals surface area contributed by atoms with E-state index < -0.39 is 0 Å². The van der Waals surface area contributed by atoms with Gasteiger partial charge in [-0.2, -0.15) is 5.10 Å². The third kappa shape index (κ3) is 3.67. The molecule has 86 valence electrons. The first-order valence-corrected chi connectivity index (χ1v) is 5.48. The molecule has 0 radical (unpaired) electrons. The minimum atomic E-state index is -0.241. The minimum absolute atomic E-state index is 0.119. The zero-order chi connectivity index (χ0) is 11.6. The molecule has 0 aliphatic rings. The topological polar surface area (TPSA) is 38.0 Å². The minimum Gasteiger partial charge on any atom is -0.393 e. The van der Waals surface area contributed by atoms with Crippen molar-refractivity contribution in [2.45, 2.75) is 46.6 Å². The first kappa shape index (κ1) is 12.2. The highest BCUT2D eigenvalue weighted by Gasteiger charge is 2.22. The van der Waals surface area contributed by atoms with Gasteiger partial charge >= 0.3 is 0 Å². The molecule has 15 heavy (non-hydrogen) atoms. The van der Waals surface area contributed by atoms with Crippen molar-refractivity contribution in [3.63, 3.8) is 0 Å². The van der Waals surface area contributed by atoms with Crippen molar-refractivity contribution >= 4 is 0 Å². The molecule has 0 fully saturated rings. The third-order valence-corrected chi connectivity index (χ3v) is 2.61. The quantitative estimate of drug-likeness (QED) is 0.826. The summed E-state index contributed by atoms with van der Waals surface area (Å²) in [6.45, 7) is 8.21. The molecule has 0 bridgehead atoms. The fourth-order valence-electron chi connectivity index (χ4n) is 2.19. The van der Waals surface area contributed by atoms with Crippen molar-refractivity contribution in [1.29, 1.82) is 0 Å². The van der Waals surface area contributed by atoms with Gasteiger partial charge in [-0.05, 0) is 38.2 Å². The van der Waals surface area contributed by atoms with Crippen molar-refractivity contribution < 1.29 is 5.11 Å². The van der Waals surface area contributed by atoms with Gasteiger partial charge in [0.1, 0.15) is 0 Å². The van der Waals surface area contributed by atoms with Crippen LogP contribution in [0.1, 0.15) is 38.6 Å². The SMILES string of the molecule is Cc1cc(CC(C)(C)CC(C)O)n(C)n1. The van der Waals surface area contributed by atoms with E-state index in [9.17, 15) is 5.11 Å². The normalized spacial score (nSPS) is 14.3. The van der Waals surface area contributed by atoms with Crippen LogP contribution in [0.4, 0.5) is 0 Å². The Kier molecular flexibility index (Phi) is 3.55. The van der Waals surface area contributed by atoms with Crippen molar-refractivity contribution in [3.8, 4) is 0 Å². The van der Waals surface area contributed by atoms with Gasteiger partial charge in [0.25, 0.3) is 0 Å². The van der Waals surface area contributed by atoms with Gasteiger partial charge in [-0.15, -0.1) is 0 Å². The van der Waals surface area contributed by atoms with E-state index in [4.69, 9.17) is 0 Å². The number of rotatable bonds is 4. The predicted molar refractivity (Wildman–Crippen MR) is 61.7 cm³/mol. The van der Waals surface area contributed by atoms with Gasteiger partial charge in [-0.1, -0.05) is 13.8 Å². The molecule has 0 saturated heterocycles. The van der Waals surface area contributed by atoms with Gasteiger partial charge in [-0.25, -0.2) is 0 Å². The molecule has 0 amide bonds. The largest absolute Gasteiger partial charge is 0.393 e. The number of nitrogens with zero attached hydrogens (tertiary/aromatic N) is 2. The van der Waals surface area contributed by atoms with Crippen molar-refractivity contribution in [1.82, 2.24) is 9.78 Å². The maximum Gasteiger partial charge on any atom is 0.0596 e. The molecule has 3 nitrogen and oxygen atoms in total. The number of hydrogen-bond donors (Lipinski definition) is 1. The Hall–Kier alpha value is -0.830. The molecule has 1 rings (SSSR count). The summed E-state index contributed by atoms with van der Waals surface area (Å²) in [5, 5.41) is 13.7. The van der Waals surface area contributed by atoms with Crippen LogP contribution in [-0.2, 0) is 13.5 Å². The predicted octanol–water partition coefficient (Wildman–Crippen LogP) is 2.07. The number of hydrogen-bond acceptors (Lipinski definition) is 2. The smallest absolute Gasteiger partial charge is 0.0596 e. The number of aromatic nitrogens is 2. The highest BCUT2D eigenvalue weighted by Crippen LogP contribution is 2.27. The molecule has 1 aromatic rings. The van der Waals surface area contributed by atoms with Crippen molar-refractivity contribution in [2.75, 3.05) is 0 Å². The molecule has 0 spiro atoms. The molecule has 1 heterocycles. The monoisotopic (exact) mass is 210 g/mol. The average molecular weight is 210 g/mol. The highest BCUT2D eigenvalue weighted by molar-refractivity contribution is 5.10. The van der Waals surface area contributed by atoms with Gasteiger partial charge in [0, 0.05) is 12.7 Å². The highest BCUT2D eigenvalue weighted by atomic mass is 16.3. The van der Waals surface area contributed by atoms with Gasteiger partial charge in [0.05, 0.1) is 11.8 Å². The second-order valence-electron chi connectivity index (χ2n) is 5.29. The van der Waals surface area contributed by atoms with Crippen LogP contribution in [0.2, 0.25) is 0 Å². The van der Waals surface area contributed by atoms with Crippen LogP contribution < -0.4 is 0 Å². The van der Waals surface area contributed by atoms with E-state index >= 15 is 0 Å². The number of aliphatic hydroxyl groups is 1. The molecule has 0 aliphatic carbocycles. The lowest BCUT2D eigenvalue weighted by atomic mass is 9.82. The number of aliphatic hydroxyl groups excluding tert-OH is 1. The fraction of sp³-hybridized carbons (Fsp3) is 0.750. The molecule has 1 aromatic heterocycles. The van der Waals surface area contributed by atoms with Crippen LogP contribution in [0.3, 0.4) is 0 Å². The first-order valence-electron chi connectivity index (χ1n) is 5.48. The molecular formula is C12H22N2O. The fourth-order valence-corrected chi connectivity index (χ4v) is 2.19. The standard InChI is InChI=1S/C12H22N2O/c1-9-6-11(14(5)13-9)8-12(3,4)7-10(2)15/h6,10,15H,7-8H2,1-5H3. The lowest BCUT2D eigenvalue weighted by Gasteiger charge is -2.25. The van der Waals surface area contributed by atoms with Crippen LogP contribution in [0.25, 0.3) is 0 Å². The molecule has 3 heteroatoms. The second kappa shape index (κ2) is 4.35. The van der Waals surface area contributed by atoms with Gasteiger partial charge in [0.15, 0.2) is 0 Å². The van der Waals surface area contributed by atoms with Gasteiger partial charge in [-0.3, -0.25) is 4.68 Å². The van der Waals surface area contributed by atoms with Crippen LogP contribution in [0.5, 0.6) is 0 Å². The Balaban J connectivity index is 2.72. The van der Waals surface area contributed by atoms with Crippen LogP contribution in [-0.4, -0.2) is 21.0 Å². The Bertz CT molecular complexity index is 326. The van der Waals surface area contributed by atoms with E-state index in [1.165, 1.54) is 5.69 Å². The molecular weight excluding hydrogens is 188 g/mol. The molecule has 1 unspecified atom stereocenters. The summed E-state index contributed by atoms with van der Waals surface area (Å²) >= 11 is 0. The lowest BCUT2D eigenvalue weighted by molar-refractivity contribution is 0.128. The maximum atomic E-state index is 9.42. The molecule has 1 N–H and O–H groups in total. The van der Waals surface area contributed by atoms with Gasteiger partial charge < -0.3 is 5.11 Å². The molecule has 0 aromatic carbocycles. The Labute approximate surface area is 92.1 Å². The summed E-state index contributed by atoms with van der Waals surface area (Å²) in [4.78, 5) is 0. The Morgan fingerprint density at radius 2 is 2.13 bits per heavy atom. The van der Waals surface area contributed by atoms with E-state index in [2.05, 4.69) is 25.0 Å². The van der Waals surface area contributed by atoms with Crippen LogP contribution >= 0.6 is 0 Å². The van der Waals surface area contributed by atoms with Crippen LogP contribution in [0.15, 0.2) is 6.07 Å². The first-order chi connectivity index (χ1) is 6.80. The molecule has 0 aliphatic heterocycles. The summed E-state index contributed by atoms with van der Waals surface area (Å²) < 4.78 is 1.93. The Morgan fingerprint density at radius 1 is 1.53 bits per heavy atom. The summed E-state index contributed by atoms with van der Waals surface area (Å²) in [7, 11) is 1.97. The van der Waals surface area contributed by atoms with Crippen molar-refractivity contribution in [2.24, 2.45) is 12.5 Å². The van der Waals surface area contributed by atoms with E-state index in [0.717, 1.165) is 18.5 Å². The zero-order valence-electron chi connectivity index (χ0n) is 10.4. The Morgan fingerprint density at radius 3 is 2.53 bits per heavy atom. The summed E-state index contributed by atoms with van der Waals surface area (Å²) in [6.07, 6.45) is 1.53.